The molecule has 146 valence electrons. The van der Waals surface area contributed by atoms with Gasteiger partial charge in [-0.15, -0.1) is 24.0 Å². The van der Waals surface area contributed by atoms with Crippen LogP contribution in [-0.4, -0.2) is 63.6 Å². The summed E-state index contributed by atoms with van der Waals surface area (Å²) in [6, 6.07) is 7.74. The van der Waals surface area contributed by atoms with Gasteiger partial charge in [-0.25, -0.2) is 0 Å². The van der Waals surface area contributed by atoms with E-state index in [-0.39, 0.29) is 29.9 Å². The van der Waals surface area contributed by atoms with Gasteiger partial charge in [0, 0.05) is 39.3 Å². The number of guanidine groups is 1. The molecular weight excluding hydrogens is 441 g/mol. The van der Waals surface area contributed by atoms with Crippen LogP contribution in [0.3, 0.4) is 0 Å². The Bertz CT molecular complexity index is 593. The second-order valence-electron chi connectivity index (χ2n) is 6.46. The van der Waals surface area contributed by atoms with Crippen molar-refractivity contribution in [1.82, 2.24) is 20.9 Å². The summed E-state index contributed by atoms with van der Waals surface area (Å²) in [5.41, 5.74) is 1.84. The van der Waals surface area contributed by atoms with E-state index in [2.05, 4.69) is 32.8 Å². The minimum Gasteiger partial charge on any atom is -0.356 e. The van der Waals surface area contributed by atoms with E-state index in [9.17, 15) is 4.79 Å². The zero-order chi connectivity index (χ0) is 18.1. The number of hydrogen-bond donors (Lipinski definition) is 3. The molecule has 0 saturated carbocycles. The maximum Gasteiger partial charge on any atom is 0.251 e. The topological polar surface area (TPSA) is 68.8 Å². The molecule has 1 aliphatic heterocycles. The van der Waals surface area contributed by atoms with Crippen LogP contribution < -0.4 is 16.0 Å². The first-order valence-electron chi connectivity index (χ1n) is 9.14. The van der Waals surface area contributed by atoms with Crippen molar-refractivity contribution in [3.8, 4) is 0 Å². The molecule has 3 N–H and O–H groups in total. The van der Waals surface area contributed by atoms with Gasteiger partial charge in [-0.05, 0) is 49.5 Å². The maximum atomic E-state index is 11.7. The largest absolute Gasteiger partial charge is 0.356 e. The van der Waals surface area contributed by atoms with E-state index in [1.165, 1.54) is 19.5 Å². The van der Waals surface area contributed by atoms with E-state index in [4.69, 9.17) is 0 Å². The highest BCUT2D eigenvalue weighted by atomic mass is 127. The second kappa shape index (κ2) is 12.1. The van der Waals surface area contributed by atoms with Gasteiger partial charge >= 0.3 is 0 Å². The molecule has 0 aromatic heterocycles. The first kappa shape index (κ1) is 22.7. The first-order chi connectivity index (χ1) is 12.2. The molecular formula is C19H32IN5O. The third-order valence-corrected chi connectivity index (χ3v) is 4.72. The maximum absolute atomic E-state index is 11.7. The van der Waals surface area contributed by atoms with Gasteiger partial charge < -0.3 is 20.9 Å². The SMILES string of the molecule is CCN1CCC(CNC(=NC)NCCc2cccc(C(=O)NC)c2)C1.I. The highest BCUT2D eigenvalue weighted by Gasteiger charge is 2.20. The lowest BCUT2D eigenvalue weighted by Crippen LogP contribution is -2.41. The molecule has 1 aromatic carbocycles. The van der Waals surface area contributed by atoms with Gasteiger partial charge in [0.2, 0.25) is 0 Å². The van der Waals surface area contributed by atoms with Gasteiger partial charge in [-0.3, -0.25) is 9.79 Å². The number of carbonyl (C=O) groups excluding carboxylic acids is 1. The molecule has 26 heavy (non-hydrogen) atoms. The summed E-state index contributed by atoms with van der Waals surface area (Å²) in [5, 5.41) is 9.44. The molecule has 1 amide bonds. The lowest BCUT2D eigenvalue weighted by Gasteiger charge is -2.16. The van der Waals surface area contributed by atoms with E-state index < -0.39 is 0 Å². The van der Waals surface area contributed by atoms with Gasteiger partial charge in [0.25, 0.3) is 5.91 Å². The number of rotatable bonds is 7. The molecule has 1 saturated heterocycles. The number of benzene rings is 1. The zero-order valence-corrected chi connectivity index (χ0v) is 18.4. The third kappa shape index (κ3) is 7.11. The molecule has 2 rings (SSSR count). The predicted molar refractivity (Wildman–Crippen MR) is 119 cm³/mol. The number of carbonyl (C=O) groups is 1. The monoisotopic (exact) mass is 473 g/mol. The minimum absolute atomic E-state index is 0. The number of likely N-dealkylation sites (tertiary alicyclic amines) is 1. The summed E-state index contributed by atoms with van der Waals surface area (Å²) < 4.78 is 0. The minimum atomic E-state index is -0.0510. The Hall–Kier alpha value is -1.35. The van der Waals surface area contributed by atoms with E-state index in [0.29, 0.717) is 11.5 Å². The van der Waals surface area contributed by atoms with Crippen molar-refractivity contribution in [1.29, 1.82) is 0 Å². The third-order valence-electron chi connectivity index (χ3n) is 4.72. The molecule has 7 heteroatoms. The molecule has 0 bridgehead atoms. The zero-order valence-electron chi connectivity index (χ0n) is 16.0. The summed E-state index contributed by atoms with van der Waals surface area (Å²) in [5.74, 6) is 1.49. The molecule has 1 heterocycles. The lowest BCUT2D eigenvalue weighted by atomic mass is 10.1. The Morgan fingerprint density at radius 1 is 1.35 bits per heavy atom. The van der Waals surface area contributed by atoms with Crippen LogP contribution in [0.2, 0.25) is 0 Å². The average molecular weight is 473 g/mol. The average Bonchev–Trinajstić information content (AvgIpc) is 3.12. The van der Waals surface area contributed by atoms with Gasteiger partial charge in [0.1, 0.15) is 0 Å². The van der Waals surface area contributed by atoms with Crippen LogP contribution in [0.25, 0.3) is 0 Å². The van der Waals surface area contributed by atoms with Crippen molar-refractivity contribution in [2.45, 2.75) is 19.8 Å². The van der Waals surface area contributed by atoms with Crippen molar-refractivity contribution in [2.75, 3.05) is 46.8 Å². The highest BCUT2D eigenvalue weighted by molar-refractivity contribution is 14.0. The fraction of sp³-hybridized carbons (Fsp3) is 0.579. The van der Waals surface area contributed by atoms with Crippen molar-refractivity contribution >= 4 is 35.8 Å². The molecule has 1 aromatic rings. The molecule has 1 atom stereocenters. The lowest BCUT2D eigenvalue weighted by molar-refractivity contribution is 0.0963. The van der Waals surface area contributed by atoms with Gasteiger partial charge in [0.05, 0.1) is 0 Å². The van der Waals surface area contributed by atoms with Crippen molar-refractivity contribution in [2.24, 2.45) is 10.9 Å². The van der Waals surface area contributed by atoms with Gasteiger partial charge in [-0.2, -0.15) is 0 Å². The molecule has 1 aliphatic rings. The summed E-state index contributed by atoms with van der Waals surface area (Å²) in [4.78, 5) is 18.5. The molecule has 1 unspecified atom stereocenters. The summed E-state index contributed by atoms with van der Waals surface area (Å²) in [7, 11) is 3.45. The number of hydrogen-bond acceptors (Lipinski definition) is 3. The van der Waals surface area contributed by atoms with Crippen LogP contribution in [0.4, 0.5) is 0 Å². The predicted octanol–water partition coefficient (Wildman–Crippen LogP) is 1.71. The molecule has 0 radical (unpaired) electrons. The number of amides is 1. The normalized spacial score (nSPS) is 17.5. The Morgan fingerprint density at radius 3 is 2.81 bits per heavy atom. The Balaban J connectivity index is 0.00000338. The van der Waals surface area contributed by atoms with E-state index in [0.717, 1.165) is 37.6 Å². The van der Waals surface area contributed by atoms with E-state index in [1.807, 2.05) is 24.3 Å². The second-order valence-corrected chi connectivity index (χ2v) is 6.46. The van der Waals surface area contributed by atoms with Crippen LogP contribution in [-0.2, 0) is 6.42 Å². The smallest absolute Gasteiger partial charge is 0.251 e. The fourth-order valence-corrected chi connectivity index (χ4v) is 3.17. The van der Waals surface area contributed by atoms with Crippen LogP contribution in [0.1, 0.15) is 29.3 Å². The molecule has 1 fully saturated rings. The fourth-order valence-electron chi connectivity index (χ4n) is 3.17. The number of aliphatic imine (C=N–C) groups is 1. The Morgan fingerprint density at radius 2 is 2.15 bits per heavy atom. The van der Waals surface area contributed by atoms with Gasteiger partial charge in [0.15, 0.2) is 5.96 Å². The highest BCUT2D eigenvalue weighted by Crippen LogP contribution is 2.14. The first-order valence-corrected chi connectivity index (χ1v) is 9.14. The number of halogens is 1. The summed E-state index contributed by atoms with van der Waals surface area (Å²) in [6.07, 6.45) is 2.10. The summed E-state index contributed by atoms with van der Waals surface area (Å²) >= 11 is 0. The number of nitrogens with zero attached hydrogens (tertiary/aromatic N) is 2. The molecule has 6 nitrogen and oxygen atoms in total. The van der Waals surface area contributed by atoms with Crippen LogP contribution in [0.15, 0.2) is 29.3 Å². The van der Waals surface area contributed by atoms with Crippen LogP contribution in [0, 0.1) is 5.92 Å². The van der Waals surface area contributed by atoms with Gasteiger partial charge in [-0.1, -0.05) is 19.1 Å². The standard InChI is InChI=1S/C19H31N5O.HI/c1-4-24-11-9-16(14-24)13-23-19(21-3)22-10-8-15-6-5-7-17(12-15)18(25)20-2;/h5-7,12,16H,4,8-11,13-14H2,1-3H3,(H,20,25)(H2,21,22,23);1H. The van der Waals surface area contributed by atoms with Crippen LogP contribution >= 0.6 is 24.0 Å². The quantitative estimate of drug-likeness (QED) is 0.321. The van der Waals surface area contributed by atoms with Crippen molar-refractivity contribution in [3.63, 3.8) is 0 Å². The number of nitrogens with one attached hydrogen (secondary N) is 3. The Labute approximate surface area is 174 Å². The molecule has 0 spiro atoms. The van der Waals surface area contributed by atoms with E-state index in [1.54, 1.807) is 14.1 Å². The van der Waals surface area contributed by atoms with E-state index >= 15 is 0 Å². The van der Waals surface area contributed by atoms with Crippen LogP contribution in [0.5, 0.6) is 0 Å². The summed E-state index contributed by atoms with van der Waals surface area (Å²) in [6.45, 7) is 7.47. The Kier molecular flexibility index (Phi) is 10.6. The van der Waals surface area contributed by atoms with Crippen molar-refractivity contribution in [3.05, 3.63) is 35.4 Å². The van der Waals surface area contributed by atoms with Crippen molar-refractivity contribution < 1.29 is 4.79 Å². The molecule has 0 aliphatic carbocycles.